The average Bonchev–Trinajstić information content (AvgIpc) is 2.31. The number of nitrogens with one attached hydrogen (secondary N) is 1. The molecule has 0 radical (unpaired) electrons. The van der Waals surface area contributed by atoms with Crippen molar-refractivity contribution in [2.45, 2.75) is 6.54 Å². The van der Waals surface area contributed by atoms with E-state index in [9.17, 15) is 4.39 Å². The van der Waals surface area contributed by atoms with Crippen LogP contribution in [0.15, 0.2) is 42.7 Å². The molecule has 1 aromatic heterocycles. The van der Waals surface area contributed by atoms with Crippen LogP contribution in [0.4, 0.5) is 4.39 Å². The number of benzene rings is 1. The monoisotopic (exact) mass is 216 g/mol. The van der Waals surface area contributed by atoms with E-state index >= 15 is 0 Å². The van der Waals surface area contributed by atoms with Gasteiger partial charge in [0.15, 0.2) is 0 Å². The predicted molar refractivity (Wildman–Crippen MR) is 62.4 cm³/mol. The Kier molecular flexibility index (Phi) is 3.27. The lowest BCUT2D eigenvalue weighted by Crippen LogP contribution is -2.06. The molecule has 0 amide bonds. The first-order chi connectivity index (χ1) is 7.83. The lowest BCUT2D eigenvalue weighted by molar-refractivity contribution is 0.624. The summed E-state index contributed by atoms with van der Waals surface area (Å²) >= 11 is 0. The molecule has 0 aliphatic rings. The van der Waals surface area contributed by atoms with Crippen molar-refractivity contribution in [3.63, 3.8) is 0 Å². The van der Waals surface area contributed by atoms with Crippen LogP contribution in [0.5, 0.6) is 0 Å². The van der Waals surface area contributed by atoms with Crippen LogP contribution in [0, 0.1) is 5.82 Å². The van der Waals surface area contributed by atoms with E-state index in [1.54, 1.807) is 12.3 Å². The number of pyridine rings is 1. The van der Waals surface area contributed by atoms with Gasteiger partial charge >= 0.3 is 0 Å². The Hall–Kier alpha value is -1.74. The largest absolute Gasteiger partial charge is 0.316 e. The fraction of sp³-hybridized carbons (Fsp3) is 0.154. The molecule has 0 fully saturated rings. The quantitative estimate of drug-likeness (QED) is 0.853. The third-order valence-electron chi connectivity index (χ3n) is 2.45. The maximum Gasteiger partial charge on any atom is 0.149 e. The molecule has 2 nitrogen and oxygen atoms in total. The molecular formula is C13H13FN2. The Morgan fingerprint density at radius 2 is 2.00 bits per heavy atom. The van der Waals surface area contributed by atoms with E-state index in [1.165, 1.54) is 6.20 Å². The van der Waals surface area contributed by atoms with Gasteiger partial charge in [0.1, 0.15) is 5.82 Å². The lowest BCUT2D eigenvalue weighted by Gasteiger charge is -2.09. The van der Waals surface area contributed by atoms with Gasteiger partial charge in [0, 0.05) is 18.3 Å². The highest BCUT2D eigenvalue weighted by molar-refractivity contribution is 5.67. The van der Waals surface area contributed by atoms with Gasteiger partial charge < -0.3 is 5.32 Å². The third-order valence-corrected chi connectivity index (χ3v) is 2.45. The van der Waals surface area contributed by atoms with Crippen molar-refractivity contribution >= 4 is 0 Å². The first-order valence-corrected chi connectivity index (χ1v) is 5.15. The summed E-state index contributed by atoms with van der Waals surface area (Å²) in [5, 5.41) is 3.08. The molecule has 0 aliphatic heterocycles. The number of hydrogen-bond acceptors (Lipinski definition) is 2. The maximum absolute atomic E-state index is 13.6. The molecule has 0 unspecified atom stereocenters. The summed E-state index contributed by atoms with van der Waals surface area (Å²) in [5.74, 6) is -0.286. The molecule has 1 heterocycles. The van der Waals surface area contributed by atoms with Crippen molar-refractivity contribution in [2.75, 3.05) is 7.05 Å². The van der Waals surface area contributed by atoms with Gasteiger partial charge in [-0.1, -0.05) is 24.3 Å². The minimum Gasteiger partial charge on any atom is -0.316 e. The molecule has 0 aliphatic carbocycles. The number of hydrogen-bond donors (Lipinski definition) is 1. The Labute approximate surface area is 94.2 Å². The summed E-state index contributed by atoms with van der Waals surface area (Å²) in [5.41, 5.74) is 2.59. The van der Waals surface area contributed by atoms with E-state index in [1.807, 2.05) is 31.3 Å². The van der Waals surface area contributed by atoms with Gasteiger partial charge in [-0.05, 0) is 24.2 Å². The zero-order valence-corrected chi connectivity index (χ0v) is 9.07. The first kappa shape index (κ1) is 10.8. The average molecular weight is 216 g/mol. The van der Waals surface area contributed by atoms with Crippen LogP contribution in [-0.4, -0.2) is 12.0 Å². The minimum atomic E-state index is -0.286. The standard InChI is InChI=1S/C13H13FN2/c1-15-8-10-4-2-3-5-11(10)12-6-7-16-9-13(12)14/h2-7,9,15H,8H2,1H3. The van der Waals surface area contributed by atoms with Gasteiger partial charge in [0.05, 0.1) is 6.20 Å². The smallest absolute Gasteiger partial charge is 0.149 e. The molecule has 0 saturated heterocycles. The second-order valence-corrected chi connectivity index (χ2v) is 3.54. The highest BCUT2D eigenvalue weighted by Crippen LogP contribution is 2.25. The highest BCUT2D eigenvalue weighted by Gasteiger charge is 2.08. The summed E-state index contributed by atoms with van der Waals surface area (Å²) in [7, 11) is 1.87. The summed E-state index contributed by atoms with van der Waals surface area (Å²) in [6.45, 7) is 0.720. The molecule has 0 atom stereocenters. The van der Waals surface area contributed by atoms with E-state index in [-0.39, 0.29) is 5.82 Å². The minimum absolute atomic E-state index is 0.286. The van der Waals surface area contributed by atoms with E-state index < -0.39 is 0 Å². The second-order valence-electron chi connectivity index (χ2n) is 3.54. The van der Waals surface area contributed by atoms with Gasteiger partial charge in [-0.25, -0.2) is 4.39 Å². The Morgan fingerprint density at radius 3 is 2.75 bits per heavy atom. The fourth-order valence-corrected chi connectivity index (χ4v) is 1.72. The Balaban J connectivity index is 2.51. The van der Waals surface area contributed by atoms with E-state index in [2.05, 4.69) is 10.3 Å². The molecular weight excluding hydrogens is 203 g/mol. The molecule has 0 bridgehead atoms. The Bertz CT molecular complexity index is 483. The molecule has 0 saturated carbocycles. The SMILES string of the molecule is CNCc1ccccc1-c1ccncc1F. The van der Waals surface area contributed by atoms with E-state index in [4.69, 9.17) is 0 Å². The fourth-order valence-electron chi connectivity index (χ4n) is 1.72. The van der Waals surface area contributed by atoms with E-state index in [0.29, 0.717) is 5.56 Å². The lowest BCUT2D eigenvalue weighted by atomic mass is 10.0. The normalized spacial score (nSPS) is 10.4. The zero-order chi connectivity index (χ0) is 11.4. The maximum atomic E-state index is 13.6. The van der Waals surface area contributed by atoms with Gasteiger partial charge in [-0.2, -0.15) is 0 Å². The molecule has 3 heteroatoms. The zero-order valence-electron chi connectivity index (χ0n) is 9.07. The number of nitrogens with zero attached hydrogens (tertiary/aromatic N) is 1. The van der Waals surface area contributed by atoms with Crippen LogP contribution in [0.3, 0.4) is 0 Å². The van der Waals surface area contributed by atoms with Crippen molar-refractivity contribution in [1.29, 1.82) is 0 Å². The molecule has 82 valence electrons. The van der Waals surface area contributed by atoms with Crippen molar-refractivity contribution < 1.29 is 4.39 Å². The number of halogens is 1. The molecule has 16 heavy (non-hydrogen) atoms. The van der Waals surface area contributed by atoms with Crippen molar-refractivity contribution in [3.8, 4) is 11.1 Å². The van der Waals surface area contributed by atoms with Crippen LogP contribution < -0.4 is 5.32 Å². The van der Waals surface area contributed by atoms with Crippen LogP contribution in [0.2, 0.25) is 0 Å². The van der Waals surface area contributed by atoms with Crippen molar-refractivity contribution in [1.82, 2.24) is 10.3 Å². The van der Waals surface area contributed by atoms with E-state index in [0.717, 1.165) is 17.7 Å². The summed E-state index contributed by atoms with van der Waals surface area (Å²) in [4.78, 5) is 3.76. The van der Waals surface area contributed by atoms with Crippen LogP contribution in [0.25, 0.3) is 11.1 Å². The van der Waals surface area contributed by atoms with Crippen LogP contribution in [0.1, 0.15) is 5.56 Å². The molecule has 2 rings (SSSR count). The topological polar surface area (TPSA) is 24.9 Å². The molecule has 1 N–H and O–H groups in total. The number of rotatable bonds is 3. The molecule has 0 spiro atoms. The Morgan fingerprint density at radius 1 is 1.19 bits per heavy atom. The first-order valence-electron chi connectivity index (χ1n) is 5.15. The van der Waals surface area contributed by atoms with Crippen molar-refractivity contribution in [3.05, 3.63) is 54.1 Å². The highest BCUT2D eigenvalue weighted by atomic mass is 19.1. The molecule has 2 aromatic rings. The van der Waals surface area contributed by atoms with Crippen molar-refractivity contribution in [2.24, 2.45) is 0 Å². The number of aromatic nitrogens is 1. The summed E-state index contributed by atoms with van der Waals surface area (Å²) in [6.07, 6.45) is 2.85. The van der Waals surface area contributed by atoms with Crippen LogP contribution >= 0.6 is 0 Å². The van der Waals surface area contributed by atoms with Gasteiger partial charge in [0.2, 0.25) is 0 Å². The van der Waals surface area contributed by atoms with Gasteiger partial charge in [-0.15, -0.1) is 0 Å². The predicted octanol–water partition coefficient (Wildman–Crippen LogP) is 2.61. The third kappa shape index (κ3) is 2.09. The van der Waals surface area contributed by atoms with Gasteiger partial charge in [0.25, 0.3) is 0 Å². The molecule has 1 aromatic carbocycles. The van der Waals surface area contributed by atoms with Crippen LogP contribution in [-0.2, 0) is 6.54 Å². The summed E-state index contributed by atoms with van der Waals surface area (Å²) < 4.78 is 13.6. The van der Waals surface area contributed by atoms with Gasteiger partial charge in [-0.3, -0.25) is 4.98 Å². The summed E-state index contributed by atoms with van der Waals surface area (Å²) in [6, 6.07) is 9.48. The second kappa shape index (κ2) is 4.86.